The van der Waals surface area contributed by atoms with Gasteiger partial charge in [0, 0.05) is 19.7 Å². The number of benzene rings is 1. The van der Waals surface area contributed by atoms with Gasteiger partial charge in [-0.3, -0.25) is 0 Å². The van der Waals surface area contributed by atoms with E-state index in [9.17, 15) is 4.21 Å². The van der Waals surface area contributed by atoms with Crippen LogP contribution in [0.15, 0.2) is 59.0 Å². The second-order valence-electron chi connectivity index (χ2n) is 6.54. The molecule has 0 radical (unpaired) electrons. The summed E-state index contributed by atoms with van der Waals surface area (Å²) in [6.07, 6.45) is 5.20. The standard InChI is InChI=1S/C22H34N2O4S/c1-6-18(15-22(29(23)25)19(7-2)16-26-4)14-17(3)24-12-13-28-21-11-9-8-10-20(21)27-5/h7-11,15,17,24H,2,6,12-14,16,23H2,1,3-5H3/b18-15+,22-19-/t17-,29?/m1/s1. The Hall–Kier alpha value is -1.93. The van der Waals surface area contributed by atoms with Crippen LogP contribution in [0, 0.1) is 0 Å². The number of ether oxygens (including phenoxy) is 3. The number of hydrogen-bond acceptors (Lipinski definition) is 5. The summed E-state index contributed by atoms with van der Waals surface area (Å²) in [5, 5.41) is 9.13. The van der Waals surface area contributed by atoms with E-state index in [-0.39, 0.29) is 6.04 Å². The van der Waals surface area contributed by atoms with E-state index in [0.29, 0.717) is 24.7 Å². The number of rotatable bonds is 14. The summed E-state index contributed by atoms with van der Waals surface area (Å²) in [6.45, 7) is 9.51. The summed E-state index contributed by atoms with van der Waals surface area (Å²) in [7, 11) is 1.61. The van der Waals surface area contributed by atoms with Crippen LogP contribution in [0.2, 0.25) is 0 Å². The van der Waals surface area contributed by atoms with Crippen LogP contribution in [0.25, 0.3) is 0 Å². The van der Waals surface area contributed by atoms with Crippen LogP contribution in [0.4, 0.5) is 0 Å². The minimum atomic E-state index is -1.60. The van der Waals surface area contributed by atoms with E-state index in [4.69, 9.17) is 19.3 Å². The lowest BCUT2D eigenvalue weighted by atomic mass is 10.0. The van der Waals surface area contributed by atoms with Crippen LogP contribution in [0.5, 0.6) is 11.5 Å². The second kappa shape index (κ2) is 14.1. The summed E-state index contributed by atoms with van der Waals surface area (Å²) in [4.78, 5) is 0.561. The van der Waals surface area contributed by atoms with Crippen molar-refractivity contribution in [3.8, 4) is 11.5 Å². The summed E-state index contributed by atoms with van der Waals surface area (Å²) in [6, 6.07) is 7.81. The first-order valence-electron chi connectivity index (χ1n) is 9.66. The number of nitrogens with one attached hydrogen (secondary N) is 1. The van der Waals surface area contributed by atoms with Gasteiger partial charge in [0.1, 0.15) is 17.6 Å². The lowest BCUT2D eigenvalue weighted by Gasteiger charge is -2.17. The molecule has 0 aromatic heterocycles. The maximum absolute atomic E-state index is 12.0. The SMILES string of the molecule is C=C/C(COC)=C(\C=C(/CC)C[C@@H](C)NCCOc1ccccc1OC)S(N)=O. The van der Waals surface area contributed by atoms with Crippen molar-refractivity contribution in [1.29, 1.82) is 0 Å². The van der Waals surface area contributed by atoms with Crippen molar-refractivity contribution >= 4 is 11.0 Å². The zero-order valence-corrected chi connectivity index (χ0v) is 18.7. The maximum atomic E-state index is 12.0. The molecule has 29 heavy (non-hydrogen) atoms. The van der Waals surface area contributed by atoms with E-state index in [1.165, 1.54) is 0 Å². The molecule has 3 N–H and O–H groups in total. The van der Waals surface area contributed by atoms with Crippen LogP contribution in [-0.4, -0.2) is 44.2 Å². The third-order valence-electron chi connectivity index (χ3n) is 4.36. The molecule has 2 atom stereocenters. The highest BCUT2D eigenvalue weighted by molar-refractivity contribution is 7.87. The molecular weight excluding hydrogens is 388 g/mol. The average molecular weight is 423 g/mol. The molecule has 0 heterocycles. The minimum absolute atomic E-state index is 0.226. The Morgan fingerprint density at radius 2 is 2.00 bits per heavy atom. The molecule has 0 saturated carbocycles. The summed E-state index contributed by atoms with van der Waals surface area (Å²) in [5.41, 5.74) is 1.89. The Balaban J connectivity index is 2.65. The van der Waals surface area contributed by atoms with Crippen molar-refractivity contribution < 1.29 is 18.4 Å². The normalized spacial score (nSPS) is 14.7. The van der Waals surface area contributed by atoms with E-state index in [0.717, 1.165) is 35.5 Å². The Bertz CT molecular complexity index is 731. The third kappa shape index (κ3) is 8.95. The second-order valence-corrected chi connectivity index (χ2v) is 7.57. The van der Waals surface area contributed by atoms with Crippen LogP contribution in [-0.2, 0) is 15.7 Å². The molecule has 162 valence electrons. The molecule has 0 aliphatic rings. The fourth-order valence-electron chi connectivity index (χ4n) is 2.83. The smallest absolute Gasteiger partial charge is 0.161 e. The molecular formula is C22H34N2O4S. The van der Waals surface area contributed by atoms with Gasteiger partial charge in [0.25, 0.3) is 0 Å². The number of nitrogens with two attached hydrogens (primary N) is 1. The van der Waals surface area contributed by atoms with Gasteiger partial charge in [0.15, 0.2) is 11.5 Å². The molecule has 1 rings (SSSR count). The molecule has 1 unspecified atom stereocenters. The topological polar surface area (TPSA) is 82.8 Å². The predicted molar refractivity (Wildman–Crippen MR) is 120 cm³/mol. The summed E-state index contributed by atoms with van der Waals surface area (Å²) in [5.74, 6) is 1.45. The average Bonchev–Trinajstić information content (AvgIpc) is 2.72. The molecule has 0 amide bonds. The Kier molecular flexibility index (Phi) is 12.2. The lowest BCUT2D eigenvalue weighted by Crippen LogP contribution is -2.30. The highest BCUT2D eigenvalue weighted by Gasteiger charge is 2.11. The zero-order chi connectivity index (χ0) is 21.6. The molecule has 0 fully saturated rings. The van der Waals surface area contributed by atoms with Gasteiger partial charge in [-0.2, -0.15) is 0 Å². The van der Waals surface area contributed by atoms with Crippen molar-refractivity contribution in [1.82, 2.24) is 5.32 Å². The van der Waals surface area contributed by atoms with Gasteiger partial charge in [-0.1, -0.05) is 37.3 Å². The van der Waals surface area contributed by atoms with Gasteiger partial charge in [-0.05, 0) is 43.5 Å². The van der Waals surface area contributed by atoms with Crippen LogP contribution in [0.1, 0.15) is 26.7 Å². The van der Waals surface area contributed by atoms with E-state index in [1.807, 2.05) is 30.3 Å². The van der Waals surface area contributed by atoms with Gasteiger partial charge in [-0.25, -0.2) is 9.35 Å². The predicted octanol–water partition coefficient (Wildman–Crippen LogP) is 3.49. The van der Waals surface area contributed by atoms with Crippen LogP contribution >= 0.6 is 0 Å². The van der Waals surface area contributed by atoms with Crippen molar-refractivity contribution in [2.45, 2.75) is 32.7 Å². The minimum Gasteiger partial charge on any atom is -0.493 e. The summed E-state index contributed by atoms with van der Waals surface area (Å²) < 4.78 is 28.2. The largest absolute Gasteiger partial charge is 0.493 e. The van der Waals surface area contributed by atoms with Crippen LogP contribution < -0.4 is 19.9 Å². The number of allylic oxidation sites excluding steroid dienone is 1. The van der Waals surface area contributed by atoms with Gasteiger partial charge in [0.2, 0.25) is 0 Å². The molecule has 7 heteroatoms. The molecule has 0 spiro atoms. The van der Waals surface area contributed by atoms with Gasteiger partial charge in [-0.15, -0.1) is 0 Å². The third-order valence-corrected chi connectivity index (χ3v) is 5.17. The van der Waals surface area contributed by atoms with E-state index < -0.39 is 11.0 Å². The van der Waals surface area contributed by atoms with Crippen molar-refractivity contribution in [2.24, 2.45) is 5.14 Å². The molecule has 0 aliphatic carbocycles. The highest BCUT2D eigenvalue weighted by atomic mass is 32.2. The molecule has 6 nitrogen and oxygen atoms in total. The van der Waals surface area contributed by atoms with Crippen molar-refractivity contribution in [3.63, 3.8) is 0 Å². The van der Waals surface area contributed by atoms with E-state index in [2.05, 4.69) is 25.7 Å². The Labute approximate surface area is 177 Å². The van der Waals surface area contributed by atoms with Gasteiger partial charge < -0.3 is 19.5 Å². The first kappa shape index (κ1) is 25.1. The van der Waals surface area contributed by atoms with Crippen LogP contribution in [0.3, 0.4) is 0 Å². The highest BCUT2D eigenvalue weighted by Crippen LogP contribution is 2.25. The molecule has 1 aromatic carbocycles. The summed E-state index contributed by atoms with van der Waals surface area (Å²) >= 11 is 0. The number of methoxy groups -OCH3 is 2. The molecule has 0 bridgehead atoms. The maximum Gasteiger partial charge on any atom is 0.161 e. The van der Waals surface area contributed by atoms with Crippen molar-refractivity contribution in [2.75, 3.05) is 34.0 Å². The lowest BCUT2D eigenvalue weighted by molar-refractivity contribution is 0.228. The first-order chi connectivity index (χ1) is 14.0. The molecule has 1 aromatic rings. The van der Waals surface area contributed by atoms with Gasteiger partial charge >= 0.3 is 0 Å². The fourth-order valence-corrected chi connectivity index (χ4v) is 3.51. The number of hydrogen-bond donors (Lipinski definition) is 2. The monoisotopic (exact) mass is 422 g/mol. The molecule has 0 aliphatic heterocycles. The number of para-hydroxylation sites is 2. The first-order valence-corrected chi connectivity index (χ1v) is 10.9. The van der Waals surface area contributed by atoms with Gasteiger partial charge in [0.05, 0.1) is 18.6 Å². The molecule has 0 saturated heterocycles. The zero-order valence-electron chi connectivity index (χ0n) is 17.9. The van der Waals surface area contributed by atoms with E-state index >= 15 is 0 Å². The fraction of sp³-hybridized carbons (Fsp3) is 0.455. The Morgan fingerprint density at radius 1 is 1.31 bits per heavy atom. The Morgan fingerprint density at radius 3 is 2.55 bits per heavy atom. The quantitative estimate of drug-likeness (QED) is 0.354. The van der Waals surface area contributed by atoms with E-state index in [1.54, 1.807) is 20.3 Å². The van der Waals surface area contributed by atoms with Crippen molar-refractivity contribution in [3.05, 3.63) is 59.0 Å².